The molecule has 1 aliphatic rings. The maximum atomic E-state index is 13.2. The van der Waals surface area contributed by atoms with Crippen LogP contribution in [0.2, 0.25) is 5.02 Å². The summed E-state index contributed by atoms with van der Waals surface area (Å²) in [5, 5.41) is 11.6. The third-order valence-electron chi connectivity index (χ3n) is 8.15. The van der Waals surface area contributed by atoms with Crippen LogP contribution in [-0.2, 0) is 6.61 Å². The van der Waals surface area contributed by atoms with Crippen LogP contribution in [-0.4, -0.2) is 12.6 Å². The zero-order valence-electron chi connectivity index (χ0n) is 25.8. The van der Waals surface area contributed by atoms with E-state index in [9.17, 15) is 10.1 Å². The molecule has 2 heterocycles. The van der Waals surface area contributed by atoms with Gasteiger partial charge in [-0.1, -0.05) is 54.1 Å². The number of nitriles is 1. The average molecular weight is 635 g/mol. The van der Waals surface area contributed by atoms with Crippen LogP contribution in [0.25, 0.3) is 11.0 Å². The molecule has 2 N–H and O–H groups in total. The highest BCUT2D eigenvalue weighted by atomic mass is 35.5. The molecule has 1 unspecified atom stereocenters. The maximum absolute atomic E-state index is 13.2. The number of fused-ring (bicyclic) bond motifs is 2. The first-order chi connectivity index (χ1) is 22.2. The third kappa shape index (κ3) is 5.62. The molecule has 1 atom stereocenters. The Bertz CT molecular complexity index is 2070. The van der Waals surface area contributed by atoms with Crippen molar-refractivity contribution in [1.29, 1.82) is 5.26 Å². The fourth-order valence-electron chi connectivity index (χ4n) is 5.57. The van der Waals surface area contributed by atoms with Crippen LogP contribution < -0.4 is 24.7 Å². The van der Waals surface area contributed by atoms with Crippen molar-refractivity contribution in [3.8, 4) is 29.1 Å². The zero-order valence-corrected chi connectivity index (χ0v) is 26.5. The van der Waals surface area contributed by atoms with Gasteiger partial charge in [-0.05, 0) is 68.7 Å². The molecule has 0 amide bonds. The number of rotatable bonds is 8. The summed E-state index contributed by atoms with van der Waals surface area (Å²) in [4.78, 5) is 13.2. The van der Waals surface area contributed by atoms with Gasteiger partial charge >= 0.3 is 5.97 Å². The Kier molecular flexibility index (Phi) is 8.35. The minimum atomic E-state index is -0.631. The van der Waals surface area contributed by atoms with Crippen molar-refractivity contribution in [2.45, 2.75) is 40.2 Å². The van der Waals surface area contributed by atoms with Gasteiger partial charge in [-0.3, -0.25) is 0 Å². The number of furan rings is 1. The van der Waals surface area contributed by atoms with Gasteiger partial charge in [0.2, 0.25) is 11.6 Å². The number of hydrogen-bond donors (Lipinski definition) is 1. The summed E-state index contributed by atoms with van der Waals surface area (Å²) >= 11 is 6.31. The lowest BCUT2D eigenvalue weighted by Gasteiger charge is -2.27. The van der Waals surface area contributed by atoms with Crippen molar-refractivity contribution < 1.29 is 28.2 Å². The molecule has 0 bridgehead atoms. The first-order valence-corrected chi connectivity index (χ1v) is 15.1. The monoisotopic (exact) mass is 634 g/mol. The van der Waals surface area contributed by atoms with Crippen molar-refractivity contribution in [2.24, 2.45) is 5.73 Å². The second kappa shape index (κ2) is 12.5. The molecule has 8 nitrogen and oxygen atoms in total. The molecule has 232 valence electrons. The molecule has 46 heavy (non-hydrogen) atoms. The van der Waals surface area contributed by atoms with Crippen LogP contribution in [0.5, 0.6) is 23.0 Å². The van der Waals surface area contributed by atoms with Crippen molar-refractivity contribution in [3.63, 3.8) is 0 Å². The molecule has 1 aromatic heterocycles. The van der Waals surface area contributed by atoms with E-state index in [0.29, 0.717) is 45.6 Å². The second-order valence-electron chi connectivity index (χ2n) is 11.0. The van der Waals surface area contributed by atoms with Gasteiger partial charge in [0.05, 0.1) is 12.5 Å². The molecule has 0 fully saturated rings. The Labute approximate surface area is 271 Å². The van der Waals surface area contributed by atoms with Gasteiger partial charge in [-0.25, -0.2) is 4.79 Å². The molecule has 0 aliphatic carbocycles. The second-order valence-corrected chi connectivity index (χ2v) is 11.4. The van der Waals surface area contributed by atoms with Crippen molar-refractivity contribution in [2.75, 3.05) is 6.61 Å². The Morgan fingerprint density at radius 2 is 1.78 bits per heavy atom. The number of aryl methyl sites for hydroxylation is 3. The van der Waals surface area contributed by atoms with Crippen molar-refractivity contribution in [3.05, 3.63) is 128 Å². The summed E-state index contributed by atoms with van der Waals surface area (Å²) in [6.07, 6.45) is 0. The predicted octanol–water partition coefficient (Wildman–Crippen LogP) is 8.43. The highest BCUT2D eigenvalue weighted by molar-refractivity contribution is 6.31. The van der Waals surface area contributed by atoms with Crippen LogP contribution in [0.15, 0.2) is 88.7 Å². The molecule has 0 saturated heterocycles. The summed E-state index contributed by atoms with van der Waals surface area (Å²) in [6.45, 7) is 8.31. The normalized spacial score (nSPS) is 14.0. The number of carbonyl (C=O) groups is 1. The summed E-state index contributed by atoms with van der Waals surface area (Å²) in [6, 6.07) is 24.1. The number of nitrogens with zero attached hydrogens (tertiary/aromatic N) is 1. The van der Waals surface area contributed by atoms with Gasteiger partial charge in [0.15, 0.2) is 11.5 Å². The number of halogens is 1. The largest absolute Gasteiger partial charge is 0.490 e. The van der Waals surface area contributed by atoms with E-state index in [1.165, 1.54) is 0 Å². The molecular weight excluding hydrogens is 604 g/mol. The van der Waals surface area contributed by atoms with E-state index < -0.39 is 11.9 Å². The molecule has 1 aliphatic heterocycles. The first kappa shape index (κ1) is 30.6. The summed E-state index contributed by atoms with van der Waals surface area (Å²) < 4.78 is 29.6. The summed E-state index contributed by atoms with van der Waals surface area (Å²) in [5.74, 6) is 0.520. The Balaban J connectivity index is 1.30. The van der Waals surface area contributed by atoms with E-state index >= 15 is 0 Å². The number of benzene rings is 4. The van der Waals surface area contributed by atoms with Gasteiger partial charge in [0, 0.05) is 33.2 Å². The van der Waals surface area contributed by atoms with E-state index in [1.807, 2.05) is 76.2 Å². The number of allylic oxidation sites excluding steroid dienone is 1. The lowest BCUT2D eigenvalue weighted by Crippen LogP contribution is -2.21. The lowest BCUT2D eigenvalue weighted by molar-refractivity contribution is 0.0702. The van der Waals surface area contributed by atoms with E-state index in [2.05, 4.69) is 6.07 Å². The predicted molar refractivity (Wildman–Crippen MR) is 175 cm³/mol. The van der Waals surface area contributed by atoms with Crippen LogP contribution >= 0.6 is 11.6 Å². The standard InChI is InChI=1S/C37H31ClN2O6/c1-5-42-32-16-23(11-15-30(32)43-19-24-8-6-7-9-29(24)38)33-27-14-12-25(17-31(27)45-36(40)28(33)18-39)44-37(41)35-22(4)26-13-10-20(2)21(3)34(26)46-35/h6-17,33H,5,19,40H2,1-4H3. The molecule has 0 spiro atoms. The van der Waals surface area contributed by atoms with E-state index in [0.717, 1.165) is 27.6 Å². The zero-order chi connectivity index (χ0) is 32.5. The molecule has 0 radical (unpaired) electrons. The Morgan fingerprint density at radius 3 is 2.54 bits per heavy atom. The number of esters is 1. The van der Waals surface area contributed by atoms with E-state index in [1.54, 1.807) is 24.3 Å². The highest BCUT2D eigenvalue weighted by Crippen LogP contribution is 2.45. The minimum Gasteiger partial charge on any atom is -0.490 e. The molecule has 6 rings (SSSR count). The molecule has 9 heteroatoms. The Hall–Kier alpha value is -5.39. The van der Waals surface area contributed by atoms with Gasteiger partial charge in [0.1, 0.15) is 35.3 Å². The highest BCUT2D eigenvalue weighted by Gasteiger charge is 2.32. The van der Waals surface area contributed by atoms with Gasteiger partial charge in [0.25, 0.3) is 0 Å². The fourth-order valence-corrected chi connectivity index (χ4v) is 5.76. The molecular formula is C37H31ClN2O6. The summed E-state index contributed by atoms with van der Waals surface area (Å²) in [7, 11) is 0. The lowest BCUT2D eigenvalue weighted by atomic mass is 9.83. The van der Waals surface area contributed by atoms with Crippen LogP contribution in [0.1, 0.15) is 56.8 Å². The van der Waals surface area contributed by atoms with Crippen LogP contribution in [0.4, 0.5) is 0 Å². The number of nitrogens with two attached hydrogens (primary N) is 1. The topological polar surface area (TPSA) is 117 Å². The maximum Gasteiger partial charge on any atom is 0.379 e. The summed E-state index contributed by atoms with van der Waals surface area (Å²) in [5.41, 5.74) is 12.2. The van der Waals surface area contributed by atoms with Crippen molar-refractivity contribution in [1.82, 2.24) is 0 Å². The van der Waals surface area contributed by atoms with Gasteiger partial charge in [-0.15, -0.1) is 0 Å². The van der Waals surface area contributed by atoms with E-state index in [-0.39, 0.29) is 29.6 Å². The van der Waals surface area contributed by atoms with Gasteiger partial charge in [-0.2, -0.15) is 5.26 Å². The first-order valence-electron chi connectivity index (χ1n) is 14.8. The minimum absolute atomic E-state index is 0.0422. The fraction of sp³-hybridized carbons (Fsp3) is 0.189. The average Bonchev–Trinajstić information content (AvgIpc) is 3.39. The van der Waals surface area contributed by atoms with E-state index in [4.69, 9.17) is 40.7 Å². The van der Waals surface area contributed by atoms with Gasteiger partial charge < -0.3 is 29.1 Å². The molecule has 0 saturated carbocycles. The number of carbonyl (C=O) groups excluding carboxylic acids is 1. The van der Waals surface area contributed by atoms with Crippen LogP contribution in [0, 0.1) is 32.1 Å². The SMILES string of the molecule is CCOc1cc(C2C(C#N)=C(N)Oc3cc(OC(=O)c4oc5c(C)c(C)ccc5c4C)ccc32)ccc1OCc1ccccc1Cl. The third-order valence-corrected chi connectivity index (χ3v) is 8.52. The Morgan fingerprint density at radius 1 is 0.978 bits per heavy atom. The van der Waals surface area contributed by atoms with Crippen molar-refractivity contribution >= 4 is 28.5 Å². The smallest absolute Gasteiger partial charge is 0.379 e. The molecule has 4 aromatic carbocycles. The number of hydrogen-bond acceptors (Lipinski definition) is 8. The quantitative estimate of drug-likeness (QED) is 0.133. The molecule has 5 aromatic rings. The van der Waals surface area contributed by atoms with Crippen LogP contribution in [0.3, 0.4) is 0 Å². The number of ether oxygens (including phenoxy) is 4.